The minimum atomic E-state index is -0.0441. The topological polar surface area (TPSA) is 77.2 Å². The lowest BCUT2D eigenvalue weighted by atomic mass is 10.0. The average Bonchev–Trinajstić information content (AvgIpc) is 3.33. The number of hydrogen-bond acceptors (Lipinski definition) is 6. The van der Waals surface area contributed by atoms with Crippen LogP contribution < -0.4 is 5.32 Å². The molecule has 162 valence electrons. The molecule has 2 aromatic carbocycles. The molecule has 1 saturated heterocycles. The number of H-pyrrole nitrogens is 1. The molecule has 3 aromatic rings. The summed E-state index contributed by atoms with van der Waals surface area (Å²) in [5, 5.41) is 10.7. The average molecular weight is 437 g/mol. The largest absolute Gasteiger partial charge is 0.344 e. The number of thioether (sulfide) groups is 1. The van der Waals surface area contributed by atoms with Gasteiger partial charge in [-0.05, 0) is 30.3 Å². The minimum absolute atomic E-state index is 0.0428. The monoisotopic (exact) mass is 436 g/mol. The third kappa shape index (κ3) is 6.16. The van der Waals surface area contributed by atoms with Gasteiger partial charge in [0.2, 0.25) is 0 Å². The Morgan fingerprint density at radius 3 is 2.52 bits per heavy atom. The number of piperazine rings is 1. The maximum absolute atomic E-state index is 13.0. The Labute approximate surface area is 187 Å². The molecule has 0 spiro atoms. The zero-order valence-electron chi connectivity index (χ0n) is 17.7. The van der Waals surface area contributed by atoms with Crippen molar-refractivity contribution in [2.75, 3.05) is 39.8 Å². The van der Waals surface area contributed by atoms with Gasteiger partial charge in [0.15, 0.2) is 5.16 Å². The van der Waals surface area contributed by atoms with Gasteiger partial charge < -0.3 is 10.2 Å². The summed E-state index contributed by atoms with van der Waals surface area (Å²) < 4.78 is 0. The quantitative estimate of drug-likeness (QED) is 0.529. The summed E-state index contributed by atoms with van der Waals surface area (Å²) in [6.45, 7) is 4.97. The first-order valence-corrected chi connectivity index (χ1v) is 11.5. The van der Waals surface area contributed by atoms with E-state index in [0.29, 0.717) is 5.56 Å². The number of carbonyl (C=O) groups excluding carboxylic acids is 1. The van der Waals surface area contributed by atoms with Crippen LogP contribution >= 0.6 is 11.8 Å². The summed E-state index contributed by atoms with van der Waals surface area (Å²) in [5.41, 5.74) is 2.94. The number of amides is 1. The van der Waals surface area contributed by atoms with Crippen molar-refractivity contribution < 1.29 is 4.79 Å². The van der Waals surface area contributed by atoms with Gasteiger partial charge in [-0.3, -0.25) is 14.8 Å². The van der Waals surface area contributed by atoms with Crippen molar-refractivity contribution in [2.45, 2.75) is 17.0 Å². The number of aromatic amines is 1. The summed E-state index contributed by atoms with van der Waals surface area (Å²) in [6.07, 6.45) is 1.50. The van der Waals surface area contributed by atoms with Crippen molar-refractivity contribution in [2.24, 2.45) is 0 Å². The van der Waals surface area contributed by atoms with Crippen LogP contribution in [0.2, 0.25) is 0 Å². The summed E-state index contributed by atoms with van der Waals surface area (Å²) in [4.78, 5) is 21.9. The predicted octanol–water partition coefficient (Wildman–Crippen LogP) is 2.82. The third-order valence-electron chi connectivity index (χ3n) is 5.53. The highest BCUT2D eigenvalue weighted by molar-refractivity contribution is 7.98. The molecule has 1 aliphatic heterocycles. The number of rotatable bonds is 8. The number of nitrogens with zero attached hydrogens (tertiary/aromatic N) is 4. The Bertz CT molecular complexity index is 940. The standard InChI is InChI=1S/C23H28N6OS/c1-28-11-13-29(14-12-28)15-21(19-5-3-2-4-6-19)26-22(30)20-9-7-18(8-10-20)16-31-23-24-17-25-27-23/h2-10,17,21H,11-16H2,1H3,(H,26,30)(H,24,25,27). The lowest BCUT2D eigenvalue weighted by Crippen LogP contribution is -2.47. The number of benzene rings is 2. The van der Waals surface area contributed by atoms with Gasteiger partial charge >= 0.3 is 0 Å². The lowest BCUT2D eigenvalue weighted by molar-refractivity contribution is 0.0907. The van der Waals surface area contributed by atoms with E-state index in [0.717, 1.165) is 54.8 Å². The first kappa shape index (κ1) is 21.5. The molecule has 1 aromatic heterocycles. The van der Waals surface area contributed by atoms with Gasteiger partial charge in [0.05, 0.1) is 6.04 Å². The van der Waals surface area contributed by atoms with Crippen molar-refractivity contribution in [3.8, 4) is 0 Å². The number of hydrogen-bond donors (Lipinski definition) is 2. The molecule has 0 bridgehead atoms. The fourth-order valence-electron chi connectivity index (χ4n) is 3.62. The van der Waals surface area contributed by atoms with Gasteiger partial charge in [0.25, 0.3) is 5.91 Å². The molecular weight excluding hydrogens is 408 g/mol. The van der Waals surface area contributed by atoms with E-state index in [1.165, 1.54) is 6.33 Å². The molecule has 31 heavy (non-hydrogen) atoms. The van der Waals surface area contributed by atoms with Gasteiger partial charge in [0, 0.05) is 44.0 Å². The molecule has 0 aliphatic carbocycles. The van der Waals surface area contributed by atoms with Crippen LogP contribution in [0.15, 0.2) is 66.1 Å². The molecule has 1 unspecified atom stereocenters. The van der Waals surface area contributed by atoms with Crippen LogP contribution in [0.4, 0.5) is 0 Å². The minimum Gasteiger partial charge on any atom is -0.344 e. The fraction of sp³-hybridized carbons (Fsp3) is 0.348. The van der Waals surface area contributed by atoms with Crippen LogP contribution in [0.3, 0.4) is 0 Å². The predicted molar refractivity (Wildman–Crippen MR) is 123 cm³/mol. The van der Waals surface area contributed by atoms with Gasteiger partial charge in [-0.1, -0.05) is 54.2 Å². The molecule has 1 atom stereocenters. The first-order chi connectivity index (χ1) is 15.2. The van der Waals surface area contributed by atoms with Crippen molar-refractivity contribution in [3.63, 3.8) is 0 Å². The molecule has 2 N–H and O–H groups in total. The lowest BCUT2D eigenvalue weighted by Gasteiger charge is -2.35. The van der Waals surface area contributed by atoms with E-state index in [1.807, 2.05) is 42.5 Å². The zero-order valence-corrected chi connectivity index (χ0v) is 18.5. The molecule has 7 nitrogen and oxygen atoms in total. The van der Waals surface area contributed by atoms with E-state index < -0.39 is 0 Å². The highest BCUT2D eigenvalue weighted by atomic mass is 32.2. The number of nitrogens with one attached hydrogen (secondary N) is 2. The SMILES string of the molecule is CN1CCN(CC(NC(=O)c2ccc(CSc3ncn[nH]3)cc2)c2ccccc2)CC1. The van der Waals surface area contributed by atoms with Crippen LogP contribution in [-0.2, 0) is 5.75 Å². The molecule has 2 heterocycles. The normalized spacial score (nSPS) is 16.2. The van der Waals surface area contributed by atoms with E-state index >= 15 is 0 Å². The molecule has 1 amide bonds. The van der Waals surface area contributed by atoms with Crippen molar-refractivity contribution in [1.82, 2.24) is 30.3 Å². The Kier molecular flexibility index (Phi) is 7.35. The molecule has 1 fully saturated rings. The molecule has 0 saturated carbocycles. The molecular formula is C23H28N6OS. The Balaban J connectivity index is 1.39. The van der Waals surface area contributed by atoms with Gasteiger partial charge in [0.1, 0.15) is 6.33 Å². The fourth-order valence-corrected chi connectivity index (χ4v) is 4.35. The second kappa shape index (κ2) is 10.6. The van der Waals surface area contributed by atoms with Crippen LogP contribution in [0.1, 0.15) is 27.5 Å². The van der Waals surface area contributed by atoms with Crippen molar-refractivity contribution in [3.05, 3.63) is 77.6 Å². The molecule has 4 rings (SSSR count). The summed E-state index contributed by atoms with van der Waals surface area (Å²) in [6, 6.07) is 18.0. The van der Waals surface area contributed by atoms with Crippen LogP contribution in [-0.4, -0.2) is 70.7 Å². The number of likely N-dealkylation sites (N-methyl/N-ethyl adjacent to an activating group) is 1. The number of aromatic nitrogens is 3. The molecule has 1 aliphatic rings. The third-order valence-corrected chi connectivity index (χ3v) is 6.48. The molecule has 8 heteroatoms. The smallest absolute Gasteiger partial charge is 0.251 e. The van der Waals surface area contributed by atoms with E-state index in [1.54, 1.807) is 11.8 Å². The van der Waals surface area contributed by atoms with Gasteiger partial charge in [-0.25, -0.2) is 4.98 Å². The zero-order chi connectivity index (χ0) is 21.5. The maximum Gasteiger partial charge on any atom is 0.251 e. The Morgan fingerprint density at radius 1 is 1.10 bits per heavy atom. The van der Waals surface area contributed by atoms with E-state index in [2.05, 4.69) is 49.5 Å². The van der Waals surface area contributed by atoms with Crippen molar-refractivity contribution in [1.29, 1.82) is 0 Å². The van der Waals surface area contributed by atoms with Crippen LogP contribution in [0.25, 0.3) is 0 Å². The molecule has 0 radical (unpaired) electrons. The van der Waals surface area contributed by atoms with E-state index in [4.69, 9.17) is 0 Å². The highest BCUT2D eigenvalue weighted by Gasteiger charge is 2.21. The van der Waals surface area contributed by atoms with Crippen molar-refractivity contribution >= 4 is 17.7 Å². The van der Waals surface area contributed by atoms with Crippen LogP contribution in [0, 0.1) is 0 Å². The summed E-state index contributed by atoms with van der Waals surface area (Å²) in [5.74, 6) is 0.727. The first-order valence-electron chi connectivity index (χ1n) is 10.5. The van der Waals surface area contributed by atoms with E-state index in [-0.39, 0.29) is 11.9 Å². The van der Waals surface area contributed by atoms with Gasteiger partial charge in [-0.2, -0.15) is 5.10 Å². The second-order valence-electron chi connectivity index (χ2n) is 7.82. The van der Waals surface area contributed by atoms with Gasteiger partial charge in [-0.15, -0.1) is 0 Å². The Morgan fingerprint density at radius 2 is 1.84 bits per heavy atom. The highest BCUT2D eigenvalue weighted by Crippen LogP contribution is 2.20. The van der Waals surface area contributed by atoms with E-state index in [9.17, 15) is 4.79 Å². The van der Waals surface area contributed by atoms with Crippen LogP contribution in [0.5, 0.6) is 0 Å². The number of carbonyl (C=O) groups is 1. The summed E-state index contributed by atoms with van der Waals surface area (Å²) in [7, 11) is 2.15. The maximum atomic E-state index is 13.0. The summed E-state index contributed by atoms with van der Waals surface area (Å²) >= 11 is 1.58. The second-order valence-corrected chi connectivity index (χ2v) is 8.78. The Hall–Kier alpha value is -2.68.